The van der Waals surface area contributed by atoms with Gasteiger partial charge in [-0.1, -0.05) is 23.7 Å². The number of rotatable bonds is 7. The van der Waals surface area contributed by atoms with Crippen LogP contribution in [0.25, 0.3) is 0 Å². The lowest BCUT2D eigenvalue weighted by Gasteiger charge is -2.04. The van der Waals surface area contributed by atoms with Crippen LogP contribution in [0.15, 0.2) is 42.6 Å². The predicted molar refractivity (Wildman–Crippen MR) is 99.6 cm³/mol. The Morgan fingerprint density at radius 2 is 2.00 bits per heavy atom. The van der Waals surface area contributed by atoms with E-state index in [1.54, 1.807) is 10.7 Å². The zero-order valence-electron chi connectivity index (χ0n) is 14.5. The second-order valence-corrected chi connectivity index (χ2v) is 6.38. The second-order valence-electron chi connectivity index (χ2n) is 5.95. The fourth-order valence-corrected chi connectivity index (χ4v) is 2.61. The zero-order chi connectivity index (χ0) is 19.4. The van der Waals surface area contributed by atoms with Crippen LogP contribution < -0.4 is 5.32 Å². The first-order valence-electron chi connectivity index (χ1n) is 8.17. The molecular weight excluding hydrogens is 372 g/mol. The van der Waals surface area contributed by atoms with E-state index in [2.05, 4.69) is 15.5 Å². The van der Waals surface area contributed by atoms with Crippen molar-refractivity contribution in [3.63, 3.8) is 0 Å². The Bertz CT molecular complexity index is 963. The highest BCUT2D eigenvalue weighted by atomic mass is 35.5. The molecule has 0 fully saturated rings. The number of nitrogens with one attached hydrogen (secondary N) is 1. The summed E-state index contributed by atoms with van der Waals surface area (Å²) in [7, 11) is 0. The van der Waals surface area contributed by atoms with Crippen molar-refractivity contribution < 1.29 is 9.72 Å². The second kappa shape index (κ2) is 8.00. The van der Waals surface area contributed by atoms with Gasteiger partial charge in [0.2, 0.25) is 5.91 Å². The number of hydrogen-bond acceptors (Lipinski definition) is 5. The van der Waals surface area contributed by atoms with E-state index in [4.69, 9.17) is 11.6 Å². The molecule has 0 aliphatic rings. The van der Waals surface area contributed by atoms with Gasteiger partial charge < -0.3 is 15.4 Å². The maximum Gasteiger partial charge on any atom is 0.389 e. The molecule has 3 aromatic rings. The van der Waals surface area contributed by atoms with Crippen LogP contribution in [0.5, 0.6) is 0 Å². The quantitative estimate of drug-likeness (QED) is 0.494. The summed E-state index contributed by atoms with van der Waals surface area (Å²) in [6, 6.07) is 10.6. The van der Waals surface area contributed by atoms with Crippen molar-refractivity contribution in [3.8, 4) is 0 Å². The number of amides is 1. The van der Waals surface area contributed by atoms with Crippen molar-refractivity contribution in [1.82, 2.24) is 19.6 Å². The van der Waals surface area contributed by atoms with Crippen LogP contribution >= 0.6 is 11.6 Å². The van der Waals surface area contributed by atoms with Gasteiger partial charge in [0, 0.05) is 23.2 Å². The minimum absolute atomic E-state index is 0.127. The molecule has 0 spiro atoms. The molecule has 0 unspecified atom stereocenters. The molecular formula is C17H17ClN6O3. The Balaban J connectivity index is 1.56. The van der Waals surface area contributed by atoms with E-state index in [9.17, 15) is 14.9 Å². The molecule has 0 saturated heterocycles. The molecule has 3 rings (SSSR count). The largest absolute Gasteiger partial charge is 0.389 e. The molecule has 2 heterocycles. The number of aryl methyl sites for hydroxylation is 2. The number of anilines is 1. The third-order valence-electron chi connectivity index (χ3n) is 3.88. The van der Waals surface area contributed by atoms with Crippen LogP contribution in [-0.4, -0.2) is 30.4 Å². The summed E-state index contributed by atoms with van der Waals surface area (Å²) in [6.45, 7) is 2.71. The van der Waals surface area contributed by atoms with E-state index < -0.39 is 4.92 Å². The van der Waals surface area contributed by atoms with Crippen LogP contribution in [0.1, 0.15) is 17.7 Å². The average Bonchev–Trinajstić information content (AvgIpc) is 3.22. The summed E-state index contributed by atoms with van der Waals surface area (Å²) in [5, 5.41) is 22.2. The third kappa shape index (κ3) is 4.91. The Kier molecular flexibility index (Phi) is 5.51. The first-order chi connectivity index (χ1) is 12.9. The number of carbonyl (C=O) groups excluding carboxylic acids is 1. The van der Waals surface area contributed by atoms with Crippen molar-refractivity contribution in [2.24, 2.45) is 0 Å². The molecule has 1 N–H and O–H groups in total. The van der Waals surface area contributed by atoms with E-state index in [0.717, 1.165) is 11.3 Å². The number of halogens is 1. The zero-order valence-corrected chi connectivity index (χ0v) is 15.3. The van der Waals surface area contributed by atoms with Gasteiger partial charge in [-0.25, -0.2) is 0 Å². The van der Waals surface area contributed by atoms with Gasteiger partial charge in [-0.05, 0) is 29.5 Å². The van der Waals surface area contributed by atoms with Gasteiger partial charge in [-0.15, -0.1) is 0 Å². The molecule has 9 nitrogen and oxygen atoms in total. The molecule has 1 amide bonds. The molecule has 140 valence electrons. The van der Waals surface area contributed by atoms with Gasteiger partial charge in [0.1, 0.15) is 0 Å². The maximum atomic E-state index is 12.1. The van der Waals surface area contributed by atoms with Gasteiger partial charge in [0.05, 0.1) is 30.5 Å². The summed E-state index contributed by atoms with van der Waals surface area (Å²) in [5.41, 5.74) is 1.95. The number of carbonyl (C=O) groups is 1. The highest BCUT2D eigenvalue weighted by Crippen LogP contribution is 2.14. The highest BCUT2D eigenvalue weighted by molar-refractivity contribution is 6.30. The van der Waals surface area contributed by atoms with Crippen molar-refractivity contribution in [1.29, 1.82) is 0 Å². The Morgan fingerprint density at radius 1 is 1.26 bits per heavy atom. The summed E-state index contributed by atoms with van der Waals surface area (Å²) in [5.74, 6) is -0.0332. The van der Waals surface area contributed by atoms with Crippen molar-refractivity contribution >= 4 is 29.1 Å². The van der Waals surface area contributed by atoms with Crippen LogP contribution in [0.4, 0.5) is 11.6 Å². The van der Waals surface area contributed by atoms with Crippen molar-refractivity contribution in [3.05, 3.63) is 69.0 Å². The van der Waals surface area contributed by atoms with E-state index in [0.29, 0.717) is 17.4 Å². The number of nitro groups is 1. The van der Waals surface area contributed by atoms with Gasteiger partial charge in [0.25, 0.3) is 0 Å². The highest BCUT2D eigenvalue weighted by Gasteiger charge is 2.13. The molecule has 27 heavy (non-hydrogen) atoms. The predicted octanol–water partition coefficient (Wildman–Crippen LogP) is 3.03. The molecule has 2 aromatic heterocycles. The van der Waals surface area contributed by atoms with Crippen molar-refractivity contribution in [2.75, 3.05) is 5.32 Å². The van der Waals surface area contributed by atoms with Crippen molar-refractivity contribution in [2.45, 2.75) is 26.4 Å². The van der Waals surface area contributed by atoms with Gasteiger partial charge in [-0.3, -0.25) is 9.48 Å². The minimum Gasteiger partial charge on any atom is -0.358 e. The molecule has 0 radical (unpaired) electrons. The molecule has 1 aromatic carbocycles. The smallest absolute Gasteiger partial charge is 0.358 e. The molecule has 0 aliphatic carbocycles. The number of hydrogen-bond donors (Lipinski definition) is 1. The van der Waals surface area contributed by atoms with E-state index in [1.807, 2.05) is 31.2 Å². The van der Waals surface area contributed by atoms with Crippen LogP contribution in [0.3, 0.4) is 0 Å². The Hall–Kier alpha value is -3.20. The fraction of sp³-hybridized carbons (Fsp3) is 0.235. The third-order valence-corrected chi connectivity index (χ3v) is 4.13. The molecule has 0 aliphatic heterocycles. The number of benzene rings is 1. The topological polar surface area (TPSA) is 108 Å². The summed E-state index contributed by atoms with van der Waals surface area (Å²) in [4.78, 5) is 22.1. The van der Waals surface area contributed by atoms with Gasteiger partial charge in [0.15, 0.2) is 5.82 Å². The maximum absolute atomic E-state index is 12.1. The SMILES string of the molecule is Cc1cc(NC(=O)CCn2ccc([N+](=O)[O-])n2)nn1Cc1ccc(Cl)cc1. The standard InChI is InChI=1S/C17H17ClN6O3/c1-12-10-15(20-23(12)11-13-2-4-14(18)5-3-13)19-17(25)7-9-22-8-6-16(21-22)24(26)27/h2-6,8,10H,7,9,11H2,1H3,(H,19,20,25). The first-order valence-corrected chi connectivity index (χ1v) is 8.55. The first kappa shape index (κ1) is 18.6. The van der Waals surface area contributed by atoms with E-state index in [-0.39, 0.29) is 24.7 Å². The van der Waals surface area contributed by atoms with Gasteiger partial charge in [-0.2, -0.15) is 9.78 Å². The molecule has 10 heteroatoms. The van der Waals surface area contributed by atoms with Gasteiger partial charge >= 0.3 is 5.82 Å². The summed E-state index contributed by atoms with van der Waals surface area (Å²) in [6.07, 6.45) is 1.60. The Morgan fingerprint density at radius 3 is 2.67 bits per heavy atom. The molecule has 0 saturated carbocycles. The molecule has 0 bridgehead atoms. The van der Waals surface area contributed by atoms with Crippen LogP contribution in [0, 0.1) is 17.0 Å². The van der Waals surface area contributed by atoms with E-state index in [1.165, 1.54) is 16.9 Å². The lowest BCUT2D eigenvalue weighted by atomic mass is 10.2. The lowest BCUT2D eigenvalue weighted by Crippen LogP contribution is -2.15. The normalized spacial score (nSPS) is 10.7. The fourth-order valence-electron chi connectivity index (χ4n) is 2.49. The summed E-state index contributed by atoms with van der Waals surface area (Å²) >= 11 is 5.89. The average molecular weight is 389 g/mol. The monoisotopic (exact) mass is 388 g/mol. The number of nitrogens with zero attached hydrogens (tertiary/aromatic N) is 5. The lowest BCUT2D eigenvalue weighted by molar-refractivity contribution is -0.389. The molecule has 0 atom stereocenters. The minimum atomic E-state index is -0.577. The number of aromatic nitrogens is 4. The van der Waals surface area contributed by atoms with E-state index >= 15 is 0 Å². The van der Waals surface area contributed by atoms with Crippen LogP contribution in [-0.2, 0) is 17.9 Å². The summed E-state index contributed by atoms with van der Waals surface area (Å²) < 4.78 is 3.15. The Labute approximate surface area is 159 Å². The van der Waals surface area contributed by atoms with Crippen LogP contribution in [0.2, 0.25) is 5.02 Å².